The highest BCUT2D eigenvalue weighted by molar-refractivity contribution is 5.88. The summed E-state index contributed by atoms with van der Waals surface area (Å²) < 4.78 is 0. The van der Waals surface area contributed by atoms with E-state index in [-0.39, 0.29) is 29.8 Å². The first kappa shape index (κ1) is 18.5. The number of aliphatic hydroxyl groups is 1. The van der Waals surface area contributed by atoms with Gasteiger partial charge in [0.1, 0.15) is 5.75 Å². The van der Waals surface area contributed by atoms with E-state index in [1.807, 2.05) is 6.92 Å². The van der Waals surface area contributed by atoms with Crippen LogP contribution in [0.1, 0.15) is 79.8 Å². The van der Waals surface area contributed by atoms with Gasteiger partial charge in [-0.05, 0) is 68.1 Å². The first-order valence-corrected chi connectivity index (χ1v) is 8.71. The molecule has 4 heteroatoms. The molecule has 4 nitrogen and oxygen atoms in total. The summed E-state index contributed by atoms with van der Waals surface area (Å²) in [7, 11) is 0. The number of allylic oxidation sites excluding steroid dienone is 1. The smallest absolute Gasteiger partial charge is 0.335 e. The predicted octanol–water partition coefficient (Wildman–Crippen LogP) is 4.43. The highest BCUT2D eigenvalue weighted by Crippen LogP contribution is 2.47. The lowest BCUT2D eigenvalue weighted by Crippen LogP contribution is -2.19. The molecule has 3 N–H and O–H groups in total. The monoisotopic (exact) mass is 332 g/mol. The number of carboxylic acid groups (broad SMARTS) is 1. The molecule has 1 aliphatic rings. The Bertz CT molecular complexity index is 633. The van der Waals surface area contributed by atoms with Crippen molar-refractivity contribution in [3.63, 3.8) is 0 Å². The molecular formula is C20H28O4. The third kappa shape index (κ3) is 3.99. The fourth-order valence-electron chi connectivity index (χ4n) is 3.81. The molecule has 3 atom stereocenters. The van der Waals surface area contributed by atoms with Crippen molar-refractivity contribution >= 4 is 5.97 Å². The van der Waals surface area contributed by atoms with E-state index < -0.39 is 5.97 Å². The summed E-state index contributed by atoms with van der Waals surface area (Å²) in [5.41, 5.74) is 3.06. The van der Waals surface area contributed by atoms with Crippen LogP contribution in [0.3, 0.4) is 0 Å². The molecule has 132 valence electrons. The standard InChI is InChI=1S/C20H28O4/c1-12(11-21)5-4-6-13(2)16-8-7-14(3)19-17(16)9-15(20(23)24)10-18(19)22/h5,9-10,13-14,16,21-22H,4,6-8,11H2,1-3H3,(H,23,24)/b12-5-/t13-,14+,16-/m0/s1. The summed E-state index contributed by atoms with van der Waals surface area (Å²) in [4.78, 5) is 11.3. The zero-order valence-corrected chi connectivity index (χ0v) is 14.7. The fourth-order valence-corrected chi connectivity index (χ4v) is 3.81. The van der Waals surface area contributed by atoms with Crippen LogP contribution in [0.5, 0.6) is 5.75 Å². The molecular weight excluding hydrogens is 304 g/mol. The van der Waals surface area contributed by atoms with Gasteiger partial charge in [0, 0.05) is 5.56 Å². The fraction of sp³-hybridized carbons (Fsp3) is 0.550. The van der Waals surface area contributed by atoms with Crippen molar-refractivity contribution in [1.29, 1.82) is 0 Å². The van der Waals surface area contributed by atoms with Gasteiger partial charge in [0.05, 0.1) is 12.2 Å². The molecule has 1 aromatic carbocycles. The van der Waals surface area contributed by atoms with Crippen molar-refractivity contribution in [2.45, 2.75) is 58.3 Å². The number of carbonyl (C=O) groups is 1. The summed E-state index contributed by atoms with van der Waals surface area (Å²) in [5, 5.41) is 28.7. The topological polar surface area (TPSA) is 77.8 Å². The molecule has 0 radical (unpaired) electrons. The minimum Gasteiger partial charge on any atom is -0.508 e. The minimum absolute atomic E-state index is 0.0913. The number of fused-ring (bicyclic) bond motifs is 1. The lowest BCUT2D eigenvalue weighted by atomic mass is 9.71. The maximum absolute atomic E-state index is 11.3. The Labute approximate surface area is 143 Å². The van der Waals surface area contributed by atoms with Gasteiger partial charge in [-0.15, -0.1) is 0 Å². The molecule has 0 heterocycles. The number of rotatable bonds is 6. The van der Waals surface area contributed by atoms with Gasteiger partial charge in [-0.1, -0.05) is 25.5 Å². The molecule has 0 aromatic heterocycles. The van der Waals surface area contributed by atoms with Crippen LogP contribution >= 0.6 is 0 Å². The first-order valence-electron chi connectivity index (χ1n) is 8.71. The number of aromatic carboxylic acids is 1. The predicted molar refractivity (Wildman–Crippen MR) is 94.7 cm³/mol. The average molecular weight is 332 g/mol. The van der Waals surface area contributed by atoms with Crippen LogP contribution in [0.15, 0.2) is 23.8 Å². The van der Waals surface area contributed by atoms with E-state index in [0.717, 1.165) is 42.4 Å². The molecule has 0 unspecified atom stereocenters. The molecule has 0 saturated carbocycles. The van der Waals surface area contributed by atoms with Crippen LogP contribution in [0.2, 0.25) is 0 Å². The largest absolute Gasteiger partial charge is 0.508 e. The van der Waals surface area contributed by atoms with Crippen molar-refractivity contribution in [3.05, 3.63) is 40.5 Å². The Balaban J connectivity index is 2.28. The normalized spacial score (nSPS) is 22.1. The van der Waals surface area contributed by atoms with Crippen molar-refractivity contribution in [2.75, 3.05) is 6.61 Å². The lowest BCUT2D eigenvalue weighted by molar-refractivity contribution is 0.0696. The Morgan fingerprint density at radius 3 is 2.71 bits per heavy atom. The molecule has 0 aliphatic heterocycles. The third-order valence-electron chi connectivity index (χ3n) is 5.29. The van der Waals surface area contributed by atoms with Crippen LogP contribution in [0.25, 0.3) is 0 Å². The third-order valence-corrected chi connectivity index (χ3v) is 5.29. The second-order valence-corrected chi connectivity index (χ2v) is 7.15. The molecule has 0 fully saturated rings. The SMILES string of the molecule is C/C(=C/CC[C@H](C)[C@@H]1CC[C@@H](C)c2c(O)cc(C(=O)O)cc21)CO. The lowest BCUT2D eigenvalue weighted by Gasteiger charge is -2.34. The summed E-state index contributed by atoms with van der Waals surface area (Å²) in [6, 6.07) is 3.13. The highest BCUT2D eigenvalue weighted by Gasteiger charge is 2.31. The summed E-state index contributed by atoms with van der Waals surface area (Å²) in [5.74, 6) is 0.0269. The summed E-state index contributed by atoms with van der Waals surface area (Å²) in [6.07, 6.45) is 5.97. The van der Waals surface area contributed by atoms with E-state index in [4.69, 9.17) is 5.11 Å². The summed E-state index contributed by atoms with van der Waals surface area (Å²) in [6.45, 7) is 6.29. The number of phenolic OH excluding ortho intramolecular Hbond substituents is 1. The molecule has 0 saturated heterocycles. The van der Waals surface area contributed by atoms with Gasteiger partial charge in [-0.3, -0.25) is 0 Å². The van der Waals surface area contributed by atoms with Gasteiger partial charge in [0.2, 0.25) is 0 Å². The van der Waals surface area contributed by atoms with Crippen LogP contribution in [0.4, 0.5) is 0 Å². The van der Waals surface area contributed by atoms with Crippen molar-refractivity contribution in [3.8, 4) is 5.75 Å². The van der Waals surface area contributed by atoms with Gasteiger partial charge in [0.25, 0.3) is 0 Å². The van der Waals surface area contributed by atoms with E-state index >= 15 is 0 Å². The summed E-state index contributed by atoms with van der Waals surface area (Å²) >= 11 is 0. The Morgan fingerprint density at radius 1 is 1.38 bits per heavy atom. The van der Waals surface area contributed by atoms with E-state index in [1.165, 1.54) is 6.07 Å². The second kappa shape index (κ2) is 7.84. The van der Waals surface area contributed by atoms with Gasteiger partial charge >= 0.3 is 5.97 Å². The Morgan fingerprint density at radius 2 is 2.08 bits per heavy atom. The van der Waals surface area contributed by atoms with Gasteiger partial charge in [-0.25, -0.2) is 4.79 Å². The molecule has 0 bridgehead atoms. The second-order valence-electron chi connectivity index (χ2n) is 7.15. The minimum atomic E-state index is -1.00. The Hall–Kier alpha value is -1.81. The number of hydrogen-bond acceptors (Lipinski definition) is 3. The number of benzene rings is 1. The first-order chi connectivity index (χ1) is 11.3. The zero-order valence-electron chi connectivity index (χ0n) is 14.7. The van der Waals surface area contributed by atoms with Crippen molar-refractivity contribution < 1.29 is 20.1 Å². The highest BCUT2D eigenvalue weighted by atomic mass is 16.4. The van der Waals surface area contributed by atoms with E-state index in [9.17, 15) is 15.0 Å². The molecule has 2 rings (SSSR count). The van der Waals surface area contributed by atoms with Gasteiger partial charge in [-0.2, -0.15) is 0 Å². The van der Waals surface area contributed by atoms with E-state index in [2.05, 4.69) is 19.9 Å². The molecule has 1 aromatic rings. The van der Waals surface area contributed by atoms with Crippen LogP contribution in [-0.2, 0) is 0 Å². The molecule has 0 amide bonds. The number of aliphatic hydroxyl groups excluding tert-OH is 1. The number of aromatic hydroxyl groups is 1. The van der Waals surface area contributed by atoms with Crippen LogP contribution < -0.4 is 0 Å². The van der Waals surface area contributed by atoms with Gasteiger partial charge < -0.3 is 15.3 Å². The molecule has 0 spiro atoms. The number of phenols is 1. The Kier molecular flexibility index (Phi) is 6.05. The quantitative estimate of drug-likeness (QED) is 0.674. The maximum atomic E-state index is 11.3. The molecule has 24 heavy (non-hydrogen) atoms. The number of hydrogen-bond donors (Lipinski definition) is 3. The van der Waals surface area contributed by atoms with Crippen LogP contribution in [-0.4, -0.2) is 27.9 Å². The van der Waals surface area contributed by atoms with Gasteiger partial charge in [0.15, 0.2) is 0 Å². The zero-order chi connectivity index (χ0) is 17.9. The van der Waals surface area contributed by atoms with Crippen molar-refractivity contribution in [2.24, 2.45) is 5.92 Å². The van der Waals surface area contributed by atoms with E-state index in [1.54, 1.807) is 6.07 Å². The average Bonchev–Trinajstić information content (AvgIpc) is 2.54. The number of carboxylic acids is 1. The maximum Gasteiger partial charge on any atom is 0.335 e. The van der Waals surface area contributed by atoms with Crippen molar-refractivity contribution in [1.82, 2.24) is 0 Å². The molecule has 1 aliphatic carbocycles. The van der Waals surface area contributed by atoms with E-state index in [0.29, 0.717) is 5.92 Å². The van der Waals surface area contributed by atoms with Crippen LogP contribution in [0, 0.1) is 5.92 Å².